The zero-order valence-corrected chi connectivity index (χ0v) is 24.4. The normalized spacial score (nSPS) is 30.4. The summed E-state index contributed by atoms with van der Waals surface area (Å²) in [6, 6.07) is 7.65. The van der Waals surface area contributed by atoms with Crippen molar-refractivity contribution >= 4 is 29.3 Å². The van der Waals surface area contributed by atoms with E-state index >= 15 is 0 Å². The minimum Gasteiger partial charge on any atom is -0.353 e. The van der Waals surface area contributed by atoms with E-state index in [4.69, 9.17) is 0 Å². The lowest BCUT2D eigenvalue weighted by atomic mass is 9.77. The number of likely N-dealkylation sites (tertiary alicyclic amines) is 1. The van der Waals surface area contributed by atoms with Crippen molar-refractivity contribution < 1.29 is 19.2 Å². The lowest BCUT2D eigenvalue weighted by Crippen LogP contribution is -2.60. The molecule has 0 unspecified atom stereocenters. The van der Waals surface area contributed by atoms with Crippen molar-refractivity contribution in [3.8, 4) is 0 Å². The van der Waals surface area contributed by atoms with Crippen molar-refractivity contribution in [1.29, 1.82) is 0 Å². The van der Waals surface area contributed by atoms with E-state index in [1.54, 1.807) is 4.90 Å². The molecule has 8 nitrogen and oxygen atoms in total. The molecule has 4 amide bonds. The van der Waals surface area contributed by atoms with Gasteiger partial charge in [-0.15, -0.1) is 0 Å². The molecule has 0 radical (unpaired) electrons. The third-order valence-electron chi connectivity index (χ3n) is 9.62. The van der Waals surface area contributed by atoms with Crippen LogP contribution in [-0.2, 0) is 14.4 Å². The number of benzene rings is 1. The lowest BCUT2D eigenvalue weighted by Gasteiger charge is -2.51. The monoisotopic (exact) mass is 550 g/mol. The van der Waals surface area contributed by atoms with Crippen LogP contribution in [0.2, 0.25) is 0 Å². The van der Waals surface area contributed by atoms with Gasteiger partial charge in [-0.3, -0.25) is 19.2 Å². The van der Waals surface area contributed by atoms with Gasteiger partial charge in [0.25, 0.3) is 5.91 Å². The Morgan fingerprint density at radius 3 is 2.40 bits per heavy atom. The van der Waals surface area contributed by atoms with Gasteiger partial charge in [-0.2, -0.15) is 0 Å². The van der Waals surface area contributed by atoms with Crippen LogP contribution < -0.4 is 10.2 Å². The Kier molecular flexibility index (Phi) is 8.81. The number of anilines is 1. The maximum Gasteiger partial charge on any atom is 0.253 e. The molecule has 2 bridgehead atoms. The summed E-state index contributed by atoms with van der Waals surface area (Å²) in [5.74, 6) is 1.62. The molecule has 0 aliphatic carbocycles. The molecule has 4 aliphatic rings. The van der Waals surface area contributed by atoms with Gasteiger partial charge < -0.3 is 20.0 Å². The van der Waals surface area contributed by atoms with Crippen molar-refractivity contribution in [2.75, 3.05) is 31.1 Å². The quantitative estimate of drug-likeness (QED) is 0.610. The fraction of sp³-hybridized carbons (Fsp3) is 0.688. The largest absolute Gasteiger partial charge is 0.353 e. The molecule has 0 spiro atoms. The number of carbonyl (C=O) groups excluding carboxylic acids is 4. The van der Waals surface area contributed by atoms with Crippen LogP contribution in [0, 0.1) is 23.7 Å². The molecule has 0 aromatic heterocycles. The first-order chi connectivity index (χ1) is 19.2. The maximum absolute atomic E-state index is 13.6. The first kappa shape index (κ1) is 28.6. The first-order valence-corrected chi connectivity index (χ1v) is 15.5. The Morgan fingerprint density at radius 2 is 1.70 bits per heavy atom. The van der Waals surface area contributed by atoms with Crippen molar-refractivity contribution in [3.05, 3.63) is 29.8 Å². The van der Waals surface area contributed by atoms with Crippen molar-refractivity contribution in [2.24, 2.45) is 23.7 Å². The summed E-state index contributed by atoms with van der Waals surface area (Å²) in [4.78, 5) is 58.0. The van der Waals surface area contributed by atoms with Crippen molar-refractivity contribution in [3.63, 3.8) is 0 Å². The van der Waals surface area contributed by atoms with Crippen molar-refractivity contribution in [1.82, 2.24) is 15.1 Å². The zero-order valence-electron chi connectivity index (χ0n) is 24.4. The van der Waals surface area contributed by atoms with Gasteiger partial charge in [0.05, 0.1) is 0 Å². The molecule has 1 aromatic carbocycles. The zero-order chi connectivity index (χ0) is 28.4. The molecular weight excluding hydrogens is 504 g/mol. The third-order valence-corrected chi connectivity index (χ3v) is 9.62. The molecule has 5 atom stereocenters. The second kappa shape index (κ2) is 12.3. The molecule has 5 rings (SSSR count). The van der Waals surface area contributed by atoms with E-state index in [0.29, 0.717) is 50.4 Å². The molecule has 40 heavy (non-hydrogen) atoms. The van der Waals surface area contributed by atoms with Gasteiger partial charge in [0, 0.05) is 68.8 Å². The summed E-state index contributed by atoms with van der Waals surface area (Å²) in [7, 11) is 0. The number of fused-ring (bicyclic) bond motifs is 4. The Labute approximate surface area is 238 Å². The summed E-state index contributed by atoms with van der Waals surface area (Å²) in [5, 5.41) is 3.25. The highest BCUT2D eigenvalue weighted by Gasteiger charge is 2.43. The van der Waals surface area contributed by atoms with Gasteiger partial charge in [0.1, 0.15) is 0 Å². The van der Waals surface area contributed by atoms with Gasteiger partial charge in [-0.1, -0.05) is 20.8 Å². The number of nitrogens with zero attached hydrogens (tertiary/aromatic N) is 3. The van der Waals surface area contributed by atoms with Gasteiger partial charge in [0.15, 0.2) is 0 Å². The fourth-order valence-corrected chi connectivity index (χ4v) is 7.36. The number of nitrogens with one attached hydrogen (secondary N) is 1. The maximum atomic E-state index is 13.6. The van der Waals surface area contributed by atoms with E-state index in [0.717, 1.165) is 50.8 Å². The highest BCUT2D eigenvalue weighted by Crippen LogP contribution is 2.37. The molecule has 4 fully saturated rings. The third kappa shape index (κ3) is 6.36. The Bertz CT molecular complexity index is 1100. The first-order valence-electron chi connectivity index (χ1n) is 15.5. The summed E-state index contributed by atoms with van der Waals surface area (Å²) < 4.78 is 0. The summed E-state index contributed by atoms with van der Waals surface area (Å²) >= 11 is 0. The lowest BCUT2D eigenvalue weighted by molar-refractivity contribution is -0.141. The summed E-state index contributed by atoms with van der Waals surface area (Å²) in [6.45, 7) is 9.16. The highest BCUT2D eigenvalue weighted by molar-refractivity contribution is 5.97. The molecule has 4 saturated heterocycles. The predicted octanol–water partition coefficient (Wildman–Crippen LogP) is 4.23. The Morgan fingerprint density at radius 1 is 0.925 bits per heavy atom. The highest BCUT2D eigenvalue weighted by atomic mass is 16.2. The molecule has 4 heterocycles. The average molecular weight is 551 g/mol. The standard InChI is InChI=1S/C32H46N4O4/c1-21(2)27-14-9-22(3)16-31(39)36-19-23-17-25(28(36)6-4-7-29(37)33-27)20-34(18-23)32(40)24-10-12-26(13-11-24)35-15-5-8-30(35)38/h10-13,21-23,25,27-28H,4-9,14-20H2,1-3H3,(H,33,37)/t22-,23+,25-,27+,28+/m1/s1. The number of rotatable bonds is 3. The van der Waals surface area contributed by atoms with E-state index < -0.39 is 0 Å². The molecule has 8 heteroatoms. The van der Waals surface area contributed by atoms with Crippen LogP contribution in [-0.4, -0.2) is 71.7 Å². The molecule has 1 aromatic rings. The molecular formula is C32H46N4O4. The van der Waals surface area contributed by atoms with Crippen LogP contribution in [0.1, 0.15) is 88.9 Å². The van der Waals surface area contributed by atoms with Crippen LogP contribution in [0.5, 0.6) is 0 Å². The molecule has 0 saturated carbocycles. The number of carbonyl (C=O) groups is 4. The Hall–Kier alpha value is -2.90. The van der Waals surface area contributed by atoms with E-state index in [9.17, 15) is 19.2 Å². The minimum absolute atomic E-state index is 0.0196. The summed E-state index contributed by atoms with van der Waals surface area (Å²) in [6.07, 6.45) is 6.85. The number of hydrogen-bond donors (Lipinski definition) is 1. The second-order valence-electron chi connectivity index (χ2n) is 13.1. The minimum atomic E-state index is 0.0196. The van der Waals surface area contributed by atoms with Gasteiger partial charge in [-0.05, 0) is 86.5 Å². The van der Waals surface area contributed by atoms with E-state index in [1.165, 1.54) is 0 Å². The Balaban J connectivity index is 1.28. The topological polar surface area (TPSA) is 90.0 Å². The summed E-state index contributed by atoms with van der Waals surface area (Å²) in [5.41, 5.74) is 1.49. The van der Waals surface area contributed by atoms with Gasteiger partial charge >= 0.3 is 0 Å². The predicted molar refractivity (Wildman–Crippen MR) is 155 cm³/mol. The van der Waals surface area contributed by atoms with Crippen LogP contribution in [0.3, 0.4) is 0 Å². The van der Waals surface area contributed by atoms with Gasteiger partial charge in [-0.25, -0.2) is 0 Å². The molecule has 218 valence electrons. The second-order valence-corrected chi connectivity index (χ2v) is 13.1. The van der Waals surface area contributed by atoms with Crippen LogP contribution in [0.4, 0.5) is 5.69 Å². The van der Waals surface area contributed by atoms with Crippen LogP contribution >= 0.6 is 0 Å². The fourth-order valence-electron chi connectivity index (χ4n) is 7.36. The molecule has 1 N–H and O–H groups in total. The number of hydrogen-bond acceptors (Lipinski definition) is 4. The SMILES string of the molecule is CC(C)[C@@H]1CC[C@@H](C)CC(=O)N2C[C@H]3C[C@H](CN(C(=O)c4ccc(N5CCCC5=O)cc4)C3)[C@@H]2CCCC(=O)N1. The van der Waals surface area contributed by atoms with Crippen molar-refractivity contribution in [2.45, 2.75) is 90.6 Å². The molecule has 4 aliphatic heterocycles. The van der Waals surface area contributed by atoms with Gasteiger partial charge in [0.2, 0.25) is 17.7 Å². The average Bonchev–Trinajstić information content (AvgIpc) is 3.36. The number of amides is 4. The van der Waals surface area contributed by atoms with Crippen LogP contribution in [0.25, 0.3) is 0 Å². The number of piperidine rings is 2. The van der Waals surface area contributed by atoms with E-state index in [-0.39, 0.29) is 53.5 Å². The van der Waals surface area contributed by atoms with E-state index in [2.05, 4.69) is 31.0 Å². The van der Waals surface area contributed by atoms with E-state index in [1.807, 2.05) is 29.2 Å². The van der Waals surface area contributed by atoms with Crippen LogP contribution in [0.15, 0.2) is 24.3 Å². The smallest absolute Gasteiger partial charge is 0.253 e.